The Morgan fingerprint density at radius 1 is 1.04 bits per heavy atom. The summed E-state index contributed by atoms with van der Waals surface area (Å²) in [6.45, 7) is 0.591. The summed E-state index contributed by atoms with van der Waals surface area (Å²) in [5, 5.41) is 6.30. The summed E-state index contributed by atoms with van der Waals surface area (Å²) in [6, 6.07) is 4.40. The molecule has 2 aromatic heterocycles. The lowest BCUT2D eigenvalue weighted by atomic mass is 9.77. The molecule has 2 atom stereocenters. The predicted molar refractivity (Wildman–Crippen MR) is 143 cm³/mol. The minimum atomic E-state index is -5.69. The summed E-state index contributed by atoms with van der Waals surface area (Å²) in [5.74, 6) is -10.7. The predicted octanol–water partition coefficient (Wildman–Crippen LogP) is 7.08. The van der Waals surface area contributed by atoms with E-state index in [1.807, 2.05) is 0 Å². The van der Waals surface area contributed by atoms with Gasteiger partial charge < -0.3 is 16.0 Å². The number of H-pyrrole nitrogens is 1. The van der Waals surface area contributed by atoms with E-state index < -0.39 is 92.3 Å². The Morgan fingerprint density at radius 2 is 1.66 bits per heavy atom. The number of rotatable bonds is 10. The van der Waals surface area contributed by atoms with Crippen LogP contribution < -0.4 is 11.1 Å². The van der Waals surface area contributed by atoms with E-state index in [2.05, 4.69) is 20.4 Å². The van der Waals surface area contributed by atoms with E-state index in [0.717, 1.165) is 4.68 Å². The summed E-state index contributed by atoms with van der Waals surface area (Å²) in [4.78, 5) is 31.7. The monoisotopic (exact) mass is 690 g/mol. The zero-order chi connectivity index (χ0) is 35.1. The molecule has 47 heavy (non-hydrogen) atoms. The fraction of sp³-hybridized carbons (Fsp3) is 0.571. The van der Waals surface area contributed by atoms with Crippen LogP contribution in [0.15, 0.2) is 24.3 Å². The van der Waals surface area contributed by atoms with Gasteiger partial charge >= 0.3 is 18.5 Å². The average molecular weight is 691 g/mol. The van der Waals surface area contributed by atoms with Gasteiger partial charge in [-0.1, -0.05) is 6.07 Å². The first-order valence-corrected chi connectivity index (χ1v) is 14.3. The van der Waals surface area contributed by atoms with Gasteiger partial charge in [0.25, 0.3) is 5.91 Å². The molecule has 0 saturated heterocycles. The zero-order valence-corrected chi connectivity index (χ0v) is 24.5. The zero-order valence-electron chi connectivity index (χ0n) is 24.5. The minimum absolute atomic E-state index is 0.0266. The van der Waals surface area contributed by atoms with E-state index in [1.165, 1.54) is 31.2 Å². The molecule has 3 aromatic rings. The topological polar surface area (TPSA) is 119 Å². The molecule has 0 radical (unpaired) electrons. The highest BCUT2D eigenvalue weighted by atomic mass is 19.4. The van der Waals surface area contributed by atoms with Crippen LogP contribution in [0, 0.1) is 11.8 Å². The Kier molecular flexibility index (Phi) is 9.88. The van der Waals surface area contributed by atoms with Crippen molar-refractivity contribution in [1.29, 1.82) is 0 Å². The lowest BCUT2D eigenvalue weighted by Gasteiger charge is -2.32. The number of aromatic amines is 1. The quantitative estimate of drug-likeness (QED) is 0.197. The van der Waals surface area contributed by atoms with Crippen LogP contribution >= 0.6 is 0 Å². The van der Waals surface area contributed by atoms with Gasteiger partial charge in [-0.25, -0.2) is 13.8 Å². The number of alkyl halides is 11. The van der Waals surface area contributed by atoms with Crippen molar-refractivity contribution in [3.8, 4) is 0 Å². The standard InChI is InChI=1S/C28H29F11N6O2/c1-13(41-21(46)12-20(27(34,35)36)28(37,38)39)15-2-3-16-17(10-15)43-24(42-16)22(14-4-6-25(29,30)7-5-14)18-11-19(23(40)47)45(44-18)9-8-26(31,32)33/h2-3,10-11,13-14,20,22H,4-9,12H2,1H3,(H2,40,47)(H,41,46)(H,42,43)/t13-,22+/m1/s1. The molecular formula is C28H29F11N6O2. The van der Waals surface area contributed by atoms with Gasteiger partial charge in [0.1, 0.15) is 11.5 Å². The van der Waals surface area contributed by atoms with Gasteiger partial charge in [0, 0.05) is 19.3 Å². The minimum Gasteiger partial charge on any atom is -0.364 e. The highest BCUT2D eigenvalue weighted by Gasteiger charge is 2.57. The van der Waals surface area contributed by atoms with Crippen LogP contribution in [-0.2, 0) is 11.3 Å². The number of fused-ring (bicyclic) bond motifs is 1. The van der Waals surface area contributed by atoms with Crippen molar-refractivity contribution in [2.24, 2.45) is 17.6 Å². The maximum atomic E-state index is 14.0. The molecule has 8 nitrogen and oxygen atoms in total. The number of nitrogens with zero attached hydrogens (tertiary/aromatic N) is 3. The number of primary amides is 1. The lowest BCUT2D eigenvalue weighted by molar-refractivity contribution is -0.284. The number of aromatic nitrogens is 4. The van der Waals surface area contributed by atoms with Crippen LogP contribution in [0.25, 0.3) is 11.0 Å². The molecule has 260 valence electrons. The van der Waals surface area contributed by atoms with E-state index in [-0.39, 0.29) is 46.7 Å². The summed E-state index contributed by atoms with van der Waals surface area (Å²) in [5.41, 5.74) is 5.93. The number of nitrogens with one attached hydrogen (secondary N) is 2. The molecule has 4 rings (SSSR count). The Morgan fingerprint density at radius 3 is 2.21 bits per heavy atom. The Labute approximate surface area is 259 Å². The number of imidazole rings is 1. The fourth-order valence-electron chi connectivity index (χ4n) is 5.64. The van der Waals surface area contributed by atoms with Crippen molar-refractivity contribution in [2.45, 2.75) is 88.4 Å². The maximum Gasteiger partial charge on any atom is 0.400 e. The molecule has 0 bridgehead atoms. The first kappa shape index (κ1) is 35.9. The second-order valence-corrected chi connectivity index (χ2v) is 11.6. The third kappa shape index (κ3) is 8.91. The van der Waals surface area contributed by atoms with Gasteiger partial charge in [0.15, 0.2) is 5.92 Å². The van der Waals surface area contributed by atoms with Crippen LogP contribution in [0.1, 0.15) is 85.0 Å². The second kappa shape index (κ2) is 12.9. The summed E-state index contributed by atoms with van der Waals surface area (Å²) < 4.78 is 145. The van der Waals surface area contributed by atoms with Crippen molar-refractivity contribution in [3.05, 3.63) is 47.0 Å². The van der Waals surface area contributed by atoms with Crippen LogP contribution in [0.2, 0.25) is 0 Å². The number of carbonyl (C=O) groups excluding carboxylic acids is 2. The molecule has 2 amide bonds. The Hall–Kier alpha value is -3.93. The normalized spacial score (nSPS) is 17.6. The summed E-state index contributed by atoms with van der Waals surface area (Å²) >= 11 is 0. The molecule has 0 aliphatic heterocycles. The Bertz CT molecular complexity index is 1570. The molecule has 19 heteroatoms. The SMILES string of the molecule is C[C@@H](NC(=O)CC(C(F)(F)F)C(F)(F)F)c1ccc2nc([C@H](c3cc(C(N)=O)n(CCC(F)(F)F)n3)C3CCC(F)(F)CC3)[nH]c2c1. The fourth-order valence-corrected chi connectivity index (χ4v) is 5.64. The number of amides is 2. The molecule has 4 N–H and O–H groups in total. The average Bonchev–Trinajstić information content (AvgIpc) is 3.54. The van der Waals surface area contributed by atoms with Gasteiger partial charge in [-0.3, -0.25) is 14.3 Å². The van der Waals surface area contributed by atoms with E-state index in [0.29, 0.717) is 0 Å². The Balaban J connectivity index is 1.65. The number of hydrogen-bond acceptors (Lipinski definition) is 4. The van der Waals surface area contributed by atoms with Crippen LogP contribution in [0.5, 0.6) is 0 Å². The van der Waals surface area contributed by atoms with E-state index in [4.69, 9.17) is 5.73 Å². The van der Waals surface area contributed by atoms with Crippen molar-refractivity contribution in [3.63, 3.8) is 0 Å². The van der Waals surface area contributed by atoms with Gasteiger partial charge in [-0.2, -0.15) is 44.6 Å². The third-order valence-electron chi connectivity index (χ3n) is 8.09. The van der Waals surface area contributed by atoms with Gasteiger partial charge in [0.2, 0.25) is 11.8 Å². The molecule has 1 saturated carbocycles. The molecule has 2 heterocycles. The molecule has 1 aromatic carbocycles. The lowest BCUT2D eigenvalue weighted by Crippen LogP contribution is -2.41. The number of nitrogens with two attached hydrogens (primary N) is 1. The van der Waals surface area contributed by atoms with E-state index in [1.54, 1.807) is 0 Å². The first-order chi connectivity index (χ1) is 21.5. The highest BCUT2D eigenvalue weighted by molar-refractivity contribution is 5.91. The van der Waals surface area contributed by atoms with Crippen molar-refractivity contribution in [2.75, 3.05) is 0 Å². The van der Waals surface area contributed by atoms with Gasteiger partial charge in [-0.05, 0) is 49.4 Å². The van der Waals surface area contributed by atoms with Crippen LogP contribution in [0.3, 0.4) is 0 Å². The first-order valence-electron chi connectivity index (χ1n) is 14.3. The second-order valence-electron chi connectivity index (χ2n) is 11.6. The van der Waals surface area contributed by atoms with Crippen molar-refractivity contribution < 1.29 is 57.9 Å². The van der Waals surface area contributed by atoms with Crippen LogP contribution in [-0.4, -0.2) is 56.0 Å². The molecular weight excluding hydrogens is 661 g/mol. The van der Waals surface area contributed by atoms with Crippen molar-refractivity contribution in [1.82, 2.24) is 25.1 Å². The highest BCUT2D eigenvalue weighted by Crippen LogP contribution is 2.45. The number of aryl methyl sites for hydroxylation is 1. The summed E-state index contributed by atoms with van der Waals surface area (Å²) in [6.07, 6.45) is -20.2. The summed E-state index contributed by atoms with van der Waals surface area (Å²) in [7, 11) is 0. The molecule has 1 aliphatic rings. The number of carbonyl (C=O) groups is 2. The third-order valence-corrected chi connectivity index (χ3v) is 8.09. The largest absolute Gasteiger partial charge is 0.400 e. The van der Waals surface area contributed by atoms with Gasteiger partial charge in [-0.15, -0.1) is 0 Å². The number of benzene rings is 1. The van der Waals surface area contributed by atoms with E-state index in [9.17, 15) is 57.9 Å². The molecule has 0 unspecified atom stereocenters. The molecule has 1 aliphatic carbocycles. The van der Waals surface area contributed by atoms with E-state index >= 15 is 0 Å². The number of hydrogen-bond donors (Lipinski definition) is 3. The number of halogens is 11. The van der Waals surface area contributed by atoms with Crippen LogP contribution in [0.4, 0.5) is 48.3 Å². The van der Waals surface area contributed by atoms with Crippen molar-refractivity contribution >= 4 is 22.8 Å². The molecule has 0 spiro atoms. The molecule has 1 fully saturated rings. The maximum absolute atomic E-state index is 14.0. The van der Waals surface area contributed by atoms with Gasteiger partial charge in [0.05, 0.1) is 41.7 Å². The smallest absolute Gasteiger partial charge is 0.364 e.